The van der Waals surface area contributed by atoms with Crippen molar-refractivity contribution in [3.05, 3.63) is 72.2 Å². The van der Waals surface area contributed by atoms with E-state index in [9.17, 15) is 0 Å². The highest BCUT2D eigenvalue weighted by Crippen LogP contribution is 2.31. The molecule has 3 nitrogen and oxygen atoms in total. The first-order valence-corrected chi connectivity index (χ1v) is 7.56. The van der Waals surface area contributed by atoms with Gasteiger partial charge in [0.1, 0.15) is 12.1 Å². The van der Waals surface area contributed by atoms with E-state index in [1.165, 1.54) is 11.1 Å². The Morgan fingerprint density at radius 2 is 1.55 bits per heavy atom. The van der Waals surface area contributed by atoms with Gasteiger partial charge in [0, 0.05) is 5.56 Å². The zero-order valence-electron chi connectivity index (χ0n) is 12.2. The summed E-state index contributed by atoms with van der Waals surface area (Å²) >= 11 is 0. The van der Waals surface area contributed by atoms with Gasteiger partial charge in [-0.2, -0.15) is 0 Å². The highest BCUT2D eigenvalue weighted by atomic mass is 16.5. The lowest BCUT2D eigenvalue weighted by Crippen LogP contribution is -1.96. The van der Waals surface area contributed by atoms with Crippen LogP contribution in [0.4, 0.5) is 0 Å². The molecule has 0 aliphatic heterocycles. The molecule has 0 amide bonds. The molecule has 1 heterocycles. The van der Waals surface area contributed by atoms with E-state index in [-0.39, 0.29) is 0 Å². The minimum Gasteiger partial charge on any atom is -0.439 e. The first-order chi connectivity index (χ1) is 10.9. The largest absolute Gasteiger partial charge is 0.439 e. The number of rotatable bonds is 3. The van der Waals surface area contributed by atoms with Crippen LogP contribution in [-0.2, 0) is 12.8 Å². The van der Waals surface area contributed by atoms with Gasteiger partial charge in [0.25, 0.3) is 0 Å². The zero-order valence-corrected chi connectivity index (χ0v) is 12.2. The third-order valence-electron chi connectivity index (χ3n) is 4.01. The molecule has 22 heavy (non-hydrogen) atoms. The van der Waals surface area contributed by atoms with Crippen LogP contribution in [0, 0.1) is 0 Å². The van der Waals surface area contributed by atoms with E-state index in [4.69, 9.17) is 4.74 Å². The van der Waals surface area contributed by atoms with Gasteiger partial charge < -0.3 is 4.74 Å². The highest BCUT2D eigenvalue weighted by Gasteiger charge is 2.18. The Morgan fingerprint density at radius 3 is 2.36 bits per heavy atom. The SMILES string of the molecule is c1ccc(-c2ccc(Oc3ncnc4c3CCC4)cc2)cc1. The minimum atomic E-state index is 0.704. The van der Waals surface area contributed by atoms with Crippen molar-refractivity contribution in [2.45, 2.75) is 19.3 Å². The Balaban J connectivity index is 1.59. The van der Waals surface area contributed by atoms with Crippen LogP contribution < -0.4 is 4.74 Å². The summed E-state index contributed by atoms with van der Waals surface area (Å²) in [6, 6.07) is 18.5. The quantitative estimate of drug-likeness (QED) is 0.715. The second-order valence-corrected chi connectivity index (χ2v) is 5.45. The van der Waals surface area contributed by atoms with Gasteiger partial charge in [-0.1, -0.05) is 42.5 Å². The molecular weight excluding hydrogens is 272 g/mol. The Bertz CT molecular complexity index is 782. The first-order valence-electron chi connectivity index (χ1n) is 7.56. The van der Waals surface area contributed by atoms with Gasteiger partial charge in [0.2, 0.25) is 5.88 Å². The van der Waals surface area contributed by atoms with Gasteiger partial charge in [-0.15, -0.1) is 0 Å². The molecule has 4 rings (SSSR count). The number of ether oxygens (including phenoxy) is 1. The van der Waals surface area contributed by atoms with Crippen LogP contribution in [0.2, 0.25) is 0 Å². The molecule has 0 radical (unpaired) electrons. The van der Waals surface area contributed by atoms with E-state index in [0.717, 1.165) is 36.3 Å². The lowest BCUT2D eigenvalue weighted by molar-refractivity contribution is 0.455. The number of hydrogen-bond acceptors (Lipinski definition) is 3. The van der Waals surface area contributed by atoms with Crippen molar-refractivity contribution in [2.24, 2.45) is 0 Å². The molecule has 1 aliphatic carbocycles. The highest BCUT2D eigenvalue weighted by molar-refractivity contribution is 5.64. The van der Waals surface area contributed by atoms with E-state index < -0.39 is 0 Å². The summed E-state index contributed by atoms with van der Waals surface area (Å²) in [5, 5.41) is 0. The lowest BCUT2D eigenvalue weighted by atomic mass is 10.1. The topological polar surface area (TPSA) is 35.0 Å². The predicted octanol–water partition coefficient (Wildman–Crippen LogP) is 4.42. The Labute approximate surface area is 129 Å². The van der Waals surface area contributed by atoms with Crippen molar-refractivity contribution in [2.75, 3.05) is 0 Å². The molecule has 0 saturated carbocycles. The second-order valence-electron chi connectivity index (χ2n) is 5.45. The standard InChI is InChI=1S/C19H16N2O/c1-2-5-14(6-3-1)15-9-11-16(12-10-15)22-19-17-7-4-8-18(17)20-13-21-19/h1-3,5-6,9-13H,4,7-8H2. The lowest BCUT2D eigenvalue weighted by Gasteiger charge is -2.09. The van der Waals surface area contributed by atoms with E-state index in [0.29, 0.717) is 5.88 Å². The summed E-state index contributed by atoms with van der Waals surface area (Å²) in [6.07, 6.45) is 4.77. The van der Waals surface area contributed by atoms with Crippen molar-refractivity contribution >= 4 is 0 Å². The molecule has 1 aliphatic rings. The van der Waals surface area contributed by atoms with E-state index in [1.54, 1.807) is 6.33 Å². The zero-order chi connectivity index (χ0) is 14.8. The van der Waals surface area contributed by atoms with E-state index in [1.807, 2.05) is 30.3 Å². The maximum atomic E-state index is 5.96. The molecule has 0 atom stereocenters. The fourth-order valence-electron chi connectivity index (χ4n) is 2.88. The van der Waals surface area contributed by atoms with Gasteiger partial charge in [-0.25, -0.2) is 9.97 Å². The normalized spacial score (nSPS) is 12.9. The van der Waals surface area contributed by atoms with Crippen LogP contribution >= 0.6 is 0 Å². The molecule has 0 bridgehead atoms. The van der Waals surface area contributed by atoms with Crippen molar-refractivity contribution in [1.29, 1.82) is 0 Å². The molecule has 1 aromatic heterocycles. The smallest absolute Gasteiger partial charge is 0.225 e. The van der Waals surface area contributed by atoms with Crippen LogP contribution in [0.15, 0.2) is 60.9 Å². The number of nitrogens with zero attached hydrogens (tertiary/aromatic N) is 2. The van der Waals surface area contributed by atoms with Crippen LogP contribution in [0.3, 0.4) is 0 Å². The van der Waals surface area contributed by atoms with Gasteiger partial charge in [-0.3, -0.25) is 0 Å². The molecule has 0 spiro atoms. The average molecular weight is 288 g/mol. The Morgan fingerprint density at radius 1 is 0.773 bits per heavy atom. The third kappa shape index (κ3) is 2.46. The van der Waals surface area contributed by atoms with Crippen LogP contribution in [0.5, 0.6) is 11.6 Å². The number of hydrogen-bond donors (Lipinski definition) is 0. The molecule has 3 aromatic rings. The van der Waals surface area contributed by atoms with E-state index in [2.05, 4.69) is 34.2 Å². The molecule has 108 valence electrons. The van der Waals surface area contributed by atoms with E-state index >= 15 is 0 Å². The van der Waals surface area contributed by atoms with Crippen LogP contribution in [0.25, 0.3) is 11.1 Å². The maximum Gasteiger partial charge on any atom is 0.225 e. The molecular formula is C19H16N2O. The van der Waals surface area contributed by atoms with Crippen molar-refractivity contribution in [3.8, 4) is 22.8 Å². The Hall–Kier alpha value is -2.68. The fraction of sp³-hybridized carbons (Fsp3) is 0.158. The molecule has 2 aromatic carbocycles. The van der Waals surface area contributed by atoms with Gasteiger partial charge in [0.05, 0.1) is 5.69 Å². The molecule has 0 saturated heterocycles. The number of fused-ring (bicyclic) bond motifs is 1. The monoisotopic (exact) mass is 288 g/mol. The summed E-state index contributed by atoms with van der Waals surface area (Å²) in [4.78, 5) is 8.62. The summed E-state index contributed by atoms with van der Waals surface area (Å²) in [5.74, 6) is 1.52. The number of benzene rings is 2. The second kappa shape index (κ2) is 5.60. The predicted molar refractivity (Wildman–Crippen MR) is 86.0 cm³/mol. The van der Waals surface area contributed by atoms with Crippen molar-refractivity contribution < 1.29 is 4.74 Å². The molecule has 0 unspecified atom stereocenters. The molecule has 3 heteroatoms. The Kier molecular flexibility index (Phi) is 3.31. The fourth-order valence-corrected chi connectivity index (χ4v) is 2.88. The van der Waals surface area contributed by atoms with Crippen LogP contribution in [-0.4, -0.2) is 9.97 Å². The molecule has 0 N–H and O–H groups in total. The van der Waals surface area contributed by atoms with Crippen molar-refractivity contribution in [1.82, 2.24) is 9.97 Å². The summed E-state index contributed by atoms with van der Waals surface area (Å²) < 4.78 is 5.96. The van der Waals surface area contributed by atoms with Crippen LogP contribution in [0.1, 0.15) is 17.7 Å². The maximum absolute atomic E-state index is 5.96. The summed E-state index contributed by atoms with van der Waals surface area (Å²) in [7, 11) is 0. The number of aromatic nitrogens is 2. The minimum absolute atomic E-state index is 0.704. The number of aryl methyl sites for hydroxylation is 1. The van der Waals surface area contributed by atoms with Gasteiger partial charge in [0.15, 0.2) is 0 Å². The van der Waals surface area contributed by atoms with Gasteiger partial charge >= 0.3 is 0 Å². The van der Waals surface area contributed by atoms with Crippen molar-refractivity contribution in [3.63, 3.8) is 0 Å². The summed E-state index contributed by atoms with van der Waals surface area (Å²) in [5.41, 5.74) is 4.68. The molecule has 0 fully saturated rings. The third-order valence-corrected chi connectivity index (χ3v) is 4.01. The first kappa shape index (κ1) is 13.0. The van der Waals surface area contributed by atoms with Gasteiger partial charge in [-0.05, 0) is 42.5 Å². The summed E-state index contributed by atoms with van der Waals surface area (Å²) in [6.45, 7) is 0. The average Bonchev–Trinajstić information content (AvgIpc) is 3.06.